The summed E-state index contributed by atoms with van der Waals surface area (Å²) in [6.45, 7) is 20.6. The molecule has 0 N–H and O–H groups in total. The second-order valence-corrected chi connectivity index (χ2v) is 8.44. The molecule has 0 aliphatic rings. The second kappa shape index (κ2) is 4.85. The van der Waals surface area contributed by atoms with Crippen molar-refractivity contribution >= 4 is 5.69 Å². The molecular weight excluding hydrogens is 230 g/mol. The lowest BCUT2D eigenvalue weighted by molar-refractivity contribution is 0.377. The van der Waals surface area contributed by atoms with Gasteiger partial charge in [-0.2, -0.15) is 0 Å². The maximum atomic E-state index is 2.54. The molecular formula is C18H31N. The highest BCUT2D eigenvalue weighted by molar-refractivity contribution is 5.59. The van der Waals surface area contributed by atoms with Gasteiger partial charge in [0.05, 0.1) is 0 Å². The number of hydrogen-bond donors (Lipinski definition) is 0. The van der Waals surface area contributed by atoms with Gasteiger partial charge in [-0.1, -0.05) is 39.0 Å². The normalized spacial score (nSPS) is 13.5. The minimum Gasteiger partial charge on any atom is -0.362 e. The van der Waals surface area contributed by atoms with Gasteiger partial charge < -0.3 is 4.90 Å². The van der Waals surface area contributed by atoms with Gasteiger partial charge in [-0.25, -0.2) is 0 Å². The molecule has 0 amide bonds. The van der Waals surface area contributed by atoms with Crippen LogP contribution in [0.3, 0.4) is 0 Å². The predicted octanol–water partition coefficient (Wildman–Crippen LogP) is 5.39. The maximum Gasteiger partial charge on any atom is 0.0412 e. The Morgan fingerprint density at radius 2 is 1.11 bits per heavy atom. The first-order valence-electron chi connectivity index (χ1n) is 7.25. The summed E-state index contributed by atoms with van der Waals surface area (Å²) in [6, 6.07) is 8.82. The third-order valence-electron chi connectivity index (χ3n) is 3.29. The highest BCUT2D eigenvalue weighted by Crippen LogP contribution is 2.38. The van der Waals surface area contributed by atoms with Gasteiger partial charge in [0, 0.05) is 16.8 Å². The van der Waals surface area contributed by atoms with E-state index in [1.807, 2.05) is 0 Å². The largest absolute Gasteiger partial charge is 0.362 e. The molecule has 0 saturated heterocycles. The molecule has 0 radical (unpaired) electrons. The molecule has 0 aromatic heterocycles. The van der Waals surface area contributed by atoms with E-state index in [0.29, 0.717) is 0 Å². The van der Waals surface area contributed by atoms with E-state index < -0.39 is 0 Å². The summed E-state index contributed by atoms with van der Waals surface area (Å²) in [4.78, 5) is 2.54. The van der Waals surface area contributed by atoms with Gasteiger partial charge in [0.2, 0.25) is 0 Å². The van der Waals surface area contributed by atoms with Crippen LogP contribution in [0.5, 0.6) is 0 Å². The average Bonchev–Trinajstić information content (AvgIpc) is 2.11. The van der Waals surface area contributed by atoms with Crippen LogP contribution in [0.4, 0.5) is 5.69 Å². The lowest BCUT2D eigenvalue weighted by Crippen LogP contribution is -2.53. The molecule has 1 aromatic carbocycles. The van der Waals surface area contributed by atoms with Crippen LogP contribution in [0.1, 0.15) is 67.9 Å². The number of nitrogens with zero attached hydrogens (tertiary/aromatic N) is 1. The zero-order chi connectivity index (χ0) is 15.1. The van der Waals surface area contributed by atoms with Crippen molar-refractivity contribution in [3.8, 4) is 0 Å². The topological polar surface area (TPSA) is 3.24 Å². The zero-order valence-electron chi connectivity index (χ0n) is 14.3. The Morgan fingerprint density at radius 3 is 1.47 bits per heavy atom. The molecule has 108 valence electrons. The van der Waals surface area contributed by atoms with E-state index in [9.17, 15) is 0 Å². The van der Waals surface area contributed by atoms with Gasteiger partial charge in [0.15, 0.2) is 0 Å². The highest BCUT2D eigenvalue weighted by Gasteiger charge is 2.34. The fourth-order valence-corrected chi connectivity index (χ4v) is 3.03. The molecule has 0 heterocycles. The van der Waals surface area contributed by atoms with Crippen LogP contribution in [-0.2, 0) is 5.41 Å². The summed E-state index contributed by atoms with van der Waals surface area (Å²) >= 11 is 0. The molecule has 1 aromatic rings. The van der Waals surface area contributed by atoms with Gasteiger partial charge >= 0.3 is 0 Å². The molecule has 1 heteroatoms. The Kier molecular flexibility index (Phi) is 4.10. The minimum atomic E-state index is 0.0968. The molecule has 0 aliphatic carbocycles. The molecule has 0 spiro atoms. The van der Waals surface area contributed by atoms with E-state index in [-0.39, 0.29) is 16.5 Å². The number of benzene rings is 1. The SMILES string of the molecule is CC(C)(C)c1ccccc1N(C(C)(C)C)C(C)(C)C. The van der Waals surface area contributed by atoms with Crippen molar-refractivity contribution in [1.82, 2.24) is 0 Å². The van der Waals surface area contributed by atoms with Crippen LogP contribution in [0.15, 0.2) is 24.3 Å². The van der Waals surface area contributed by atoms with Crippen LogP contribution in [0.2, 0.25) is 0 Å². The fourth-order valence-electron chi connectivity index (χ4n) is 3.03. The van der Waals surface area contributed by atoms with Gasteiger partial charge in [-0.15, -0.1) is 0 Å². The molecule has 1 rings (SSSR count). The van der Waals surface area contributed by atoms with Crippen molar-refractivity contribution in [1.29, 1.82) is 0 Å². The monoisotopic (exact) mass is 261 g/mol. The maximum absolute atomic E-state index is 2.54. The van der Waals surface area contributed by atoms with Crippen LogP contribution in [-0.4, -0.2) is 11.1 Å². The number of anilines is 1. The predicted molar refractivity (Wildman–Crippen MR) is 87.1 cm³/mol. The summed E-state index contributed by atoms with van der Waals surface area (Å²) in [5.41, 5.74) is 3.12. The first-order chi connectivity index (χ1) is 8.35. The number of rotatable bonds is 1. The van der Waals surface area contributed by atoms with Crippen molar-refractivity contribution in [2.75, 3.05) is 4.90 Å². The first-order valence-corrected chi connectivity index (χ1v) is 7.25. The lowest BCUT2D eigenvalue weighted by atomic mass is 9.83. The number of para-hydroxylation sites is 1. The van der Waals surface area contributed by atoms with E-state index in [2.05, 4.69) is 91.5 Å². The Hall–Kier alpha value is -0.980. The van der Waals surface area contributed by atoms with Crippen LogP contribution in [0.25, 0.3) is 0 Å². The van der Waals surface area contributed by atoms with E-state index in [1.165, 1.54) is 11.3 Å². The molecule has 0 atom stereocenters. The summed E-state index contributed by atoms with van der Waals surface area (Å²) in [5.74, 6) is 0. The molecule has 0 saturated carbocycles. The smallest absolute Gasteiger partial charge is 0.0412 e. The highest BCUT2D eigenvalue weighted by atomic mass is 15.2. The summed E-state index contributed by atoms with van der Waals surface area (Å²) in [6.07, 6.45) is 0. The first kappa shape index (κ1) is 16.1. The van der Waals surface area contributed by atoms with Crippen molar-refractivity contribution in [2.45, 2.75) is 78.8 Å². The third kappa shape index (κ3) is 3.75. The molecule has 19 heavy (non-hydrogen) atoms. The molecule has 0 unspecified atom stereocenters. The fraction of sp³-hybridized carbons (Fsp3) is 0.667. The van der Waals surface area contributed by atoms with E-state index in [4.69, 9.17) is 0 Å². The summed E-state index contributed by atoms with van der Waals surface area (Å²) in [7, 11) is 0. The average molecular weight is 261 g/mol. The minimum absolute atomic E-state index is 0.0968. The van der Waals surface area contributed by atoms with E-state index in [0.717, 1.165) is 0 Å². The Balaban J connectivity index is 3.50. The van der Waals surface area contributed by atoms with Crippen LogP contribution in [0, 0.1) is 0 Å². The van der Waals surface area contributed by atoms with Gasteiger partial charge in [-0.05, 0) is 58.6 Å². The third-order valence-corrected chi connectivity index (χ3v) is 3.29. The summed E-state index contributed by atoms with van der Waals surface area (Å²) < 4.78 is 0. The van der Waals surface area contributed by atoms with Crippen molar-refractivity contribution in [2.24, 2.45) is 0 Å². The zero-order valence-corrected chi connectivity index (χ0v) is 14.3. The quantitative estimate of drug-likeness (QED) is 0.655. The molecule has 0 aliphatic heterocycles. The van der Waals surface area contributed by atoms with Gasteiger partial charge in [0.25, 0.3) is 0 Å². The van der Waals surface area contributed by atoms with Crippen molar-refractivity contribution in [3.05, 3.63) is 29.8 Å². The van der Waals surface area contributed by atoms with Crippen molar-refractivity contribution < 1.29 is 0 Å². The Labute approximate surface area is 120 Å². The Bertz CT molecular complexity index is 410. The lowest BCUT2D eigenvalue weighted by Gasteiger charge is -2.49. The standard InChI is InChI=1S/C18H31N/c1-16(2,3)14-12-10-11-13-15(14)19(17(4,5)6)18(7,8)9/h10-13H,1-9H3. The van der Waals surface area contributed by atoms with Gasteiger partial charge in [-0.3, -0.25) is 0 Å². The molecule has 0 bridgehead atoms. The van der Waals surface area contributed by atoms with Crippen LogP contribution >= 0.6 is 0 Å². The summed E-state index contributed by atoms with van der Waals surface area (Å²) in [5, 5.41) is 0. The van der Waals surface area contributed by atoms with Gasteiger partial charge in [0.1, 0.15) is 0 Å². The van der Waals surface area contributed by atoms with E-state index >= 15 is 0 Å². The Morgan fingerprint density at radius 1 is 0.684 bits per heavy atom. The number of hydrogen-bond acceptors (Lipinski definition) is 1. The van der Waals surface area contributed by atoms with E-state index in [1.54, 1.807) is 0 Å². The molecule has 1 nitrogen and oxygen atoms in total. The second-order valence-electron chi connectivity index (χ2n) is 8.44. The van der Waals surface area contributed by atoms with Crippen molar-refractivity contribution in [3.63, 3.8) is 0 Å². The van der Waals surface area contributed by atoms with Crippen LogP contribution < -0.4 is 4.90 Å². The molecule has 0 fully saturated rings.